The molecule has 0 atom stereocenters. The van der Waals surface area contributed by atoms with Crippen molar-refractivity contribution in [2.45, 2.75) is 13.0 Å². The third-order valence-electron chi connectivity index (χ3n) is 3.43. The molecule has 0 saturated heterocycles. The van der Waals surface area contributed by atoms with Crippen LogP contribution in [0.1, 0.15) is 12.0 Å². The molecule has 4 heteroatoms. The molecule has 1 aliphatic heterocycles. The maximum absolute atomic E-state index is 9.17. The van der Waals surface area contributed by atoms with Crippen LogP contribution in [0.2, 0.25) is 5.02 Å². The van der Waals surface area contributed by atoms with Gasteiger partial charge in [-0.05, 0) is 36.2 Å². The van der Waals surface area contributed by atoms with E-state index < -0.39 is 0 Å². The van der Waals surface area contributed by atoms with Crippen molar-refractivity contribution in [3.05, 3.63) is 53.1 Å². The van der Waals surface area contributed by atoms with E-state index in [9.17, 15) is 5.11 Å². The Labute approximate surface area is 123 Å². The Morgan fingerprint density at radius 1 is 1.15 bits per heavy atom. The van der Waals surface area contributed by atoms with Gasteiger partial charge in [-0.25, -0.2) is 0 Å². The van der Waals surface area contributed by atoms with Crippen LogP contribution in [0.3, 0.4) is 0 Å². The van der Waals surface area contributed by atoms with Gasteiger partial charge in [-0.2, -0.15) is 0 Å². The van der Waals surface area contributed by atoms with Crippen molar-refractivity contribution < 1.29 is 9.84 Å². The fraction of sp³-hybridized carbons (Fsp3) is 0.250. The van der Waals surface area contributed by atoms with Crippen molar-refractivity contribution in [1.82, 2.24) is 0 Å². The Morgan fingerprint density at radius 2 is 2.00 bits per heavy atom. The van der Waals surface area contributed by atoms with E-state index in [4.69, 9.17) is 16.3 Å². The number of ether oxygens (including phenoxy) is 1. The number of anilines is 2. The summed E-state index contributed by atoms with van der Waals surface area (Å²) < 4.78 is 5.76. The highest BCUT2D eigenvalue weighted by atomic mass is 35.5. The van der Waals surface area contributed by atoms with E-state index in [2.05, 4.69) is 4.90 Å². The molecule has 1 heterocycles. The van der Waals surface area contributed by atoms with Gasteiger partial charge in [-0.15, -0.1) is 0 Å². The summed E-state index contributed by atoms with van der Waals surface area (Å²) in [6, 6.07) is 13.6. The van der Waals surface area contributed by atoms with Crippen LogP contribution < -0.4 is 9.64 Å². The second-order valence-corrected chi connectivity index (χ2v) is 5.17. The first kappa shape index (κ1) is 13.3. The van der Waals surface area contributed by atoms with Crippen molar-refractivity contribution in [3.63, 3.8) is 0 Å². The van der Waals surface area contributed by atoms with Crippen LogP contribution in [-0.4, -0.2) is 18.3 Å². The number of aliphatic hydroxyl groups is 1. The zero-order valence-corrected chi connectivity index (χ0v) is 11.8. The van der Waals surface area contributed by atoms with E-state index in [1.54, 1.807) is 0 Å². The number of para-hydroxylation sites is 2. The molecule has 20 heavy (non-hydrogen) atoms. The summed E-state index contributed by atoms with van der Waals surface area (Å²) in [6.45, 7) is 1.56. The van der Waals surface area contributed by atoms with E-state index in [0.29, 0.717) is 11.6 Å². The Morgan fingerprint density at radius 3 is 2.80 bits per heavy atom. The average Bonchev–Trinajstić information content (AvgIpc) is 2.69. The number of halogens is 1. The van der Waals surface area contributed by atoms with Gasteiger partial charge in [0.15, 0.2) is 0 Å². The highest BCUT2D eigenvalue weighted by Crippen LogP contribution is 2.39. The number of nitrogens with zero attached hydrogens (tertiary/aromatic N) is 1. The van der Waals surface area contributed by atoms with Crippen LogP contribution >= 0.6 is 11.6 Å². The first-order valence-corrected chi connectivity index (χ1v) is 7.06. The molecular formula is C16H16ClNO2. The summed E-state index contributed by atoms with van der Waals surface area (Å²) in [4.78, 5) is 2.17. The van der Waals surface area contributed by atoms with Gasteiger partial charge in [0.2, 0.25) is 0 Å². The highest BCUT2D eigenvalue weighted by molar-refractivity contribution is 6.33. The fourth-order valence-corrected chi connectivity index (χ4v) is 2.75. The number of benzene rings is 2. The van der Waals surface area contributed by atoms with Crippen LogP contribution in [0.25, 0.3) is 0 Å². The lowest BCUT2D eigenvalue weighted by Crippen LogP contribution is -2.18. The summed E-state index contributed by atoms with van der Waals surface area (Å²) in [5, 5.41) is 9.82. The minimum atomic E-state index is -0.000300. The summed E-state index contributed by atoms with van der Waals surface area (Å²) in [5.41, 5.74) is 2.79. The largest absolute Gasteiger partial charge is 0.491 e. The maximum atomic E-state index is 9.17. The Balaban J connectivity index is 2.05. The molecule has 0 unspecified atom stereocenters. The molecular weight excluding hydrogens is 274 g/mol. The standard InChI is InChI=1S/C16H16ClNO2/c17-13-10-12(11-19)6-7-14(13)18-8-3-9-20-16-5-2-1-4-15(16)18/h1-2,4-7,10,19H,3,8-9,11H2. The number of hydrogen-bond acceptors (Lipinski definition) is 3. The zero-order chi connectivity index (χ0) is 13.9. The Hall–Kier alpha value is -1.71. The summed E-state index contributed by atoms with van der Waals surface area (Å²) in [5.74, 6) is 0.882. The Bertz CT molecular complexity index is 615. The number of fused-ring (bicyclic) bond motifs is 1. The van der Waals surface area contributed by atoms with Crippen molar-refractivity contribution in [2.75, 3.05) is 18.1 Å². The molecule has 0 aliphatic carbocycles. The average molecular weight is 290 g/mol. The highest BCUT2D eigenvalue weighted by Gasteiger charge is 2.19. The fourth-order valence-electron chi connectivity index (χ4n) is 2.45. The molecule has 0 aromatic heterocycles. The molecule has 0 saturated carbocycles. The molecule has 2 aromatic rings. The Kier molecular flexibility index (Phi) is 3.81. The predicted octanol–water partition coefficient (Wildman–Crippen LogP) is 3.75. The predicted molar refractivity (Wildman–Crippen MR) is 80.9 cm³/mol. The molecule has 0 radical (unpaired) electrons. The number of aliphatic hydroxyl groups excluding tert-OH is 1. The normalized spacial score (nSPS) is 14.4. The summed E-state index contributed by atoms with van der Waals surface area (Å²) >= 11 is 6.37. The molecule has 1 aliphatic rings. The van der Waals surface area contributed by atoms with Gasteiger partial charge in [0.1, 0.15) is 5.75 Å². The first-order chi connectivity index (χ1) is 9.79. The lowest BCUT2D eigenvalue weighted by Gasteiger charge is -2.25. The van der Waals surface area contributed by atoms with Gasteiger partial charge in [0.05, 0.1) is 29.6 Å². The van der Waals surface area contributed by atoms with Crippen LogP contribution in [0.15, 0.2) is 42.5 Å². The minimum Gasteiger partial charge on any atom is -0.491 e. The second kappa shape index (κ2) is 5.73. The third-order valence-corrected chi connectivity index (χ3v) is 3.73. The van der Waals surface area contributed by atoms with Gasteiger partial charge in [0, 0.05) is 6.54 Å². The molecule has 2 aromatic carbocycles. The van der Waals surface area contributed by atoms with Gasteiger partial charge in [0.25, 0.3) is 0 Å². The maximum Gasteiger partial charge on any atom is 0.142 e. The van der Waals surface area contributed by atoms with E-state index in [1.807, 2.05) is 42.5 Å². The number of rotatable bonds is 2. The molecule has 0 amide bonds. The molecule has 0 spiro atoms. The van der Waals surface area contributed by atoms with Crippen molar-refractivity contribution in [1.29, 1.82) is 0 Å². The molecule has 104 valence electrons. The topological polar surface area (TPSA) is 32.7 Å². The van der Waals surface area contributed by atoms with Gasteiger partial charge < -0.3 is 14.7 Å². The van der Waals surface area contributed by atoms with Crippen LogP contribution in [0, 0.1) is 0 Å². The molecule has 0 bridgehead atoms. The second-order valence-electron chi connectivity index (χ2n) is 4.77. The lowest BCUT2D eigenvalue weighted by molar-refractivity contribution is 0.282. The quantitative estimate of drug-likeness (QED) is 0.914. The smallest absolute Gasteiger partial charge is 0.142 e. The van der Waals surface area contributed by atoms with E-state index in [1.165, 1.54) is 0 Å². The molecule has 3 nitrogen and oxygen atoms in total. The van der Waals surface area contributed by atoms with Gasteiger partial charge >= 0.3 is 0 Å². The SMILES string of the molecule is OCc1ccc(N2CCCOc3ccccc32)c(Cl)c1. The minimum absolute atomic E-state index is 0.000300. The first-order valence-electron chi connectivity index (χ1n) is 6.68. The zero-order valence-electron chi connectivity index (χ0n) is 11.1. The van der Waals surface area contributed by atoms with Crippen molar-refractivity contribution in [2.24, 2.45) is 0 Å². The van der Waals surface area contributed by atoms with Gasteiger partial charge in [-0.3, -0.25) is 0 Å². The molecule has 3 rings (SSSR count). The summed E-state index contributed by atoms with van der Waals surface area (Å²) in [7, 11) is 0. The lowest BCUT2D eigenvalue weighted by atomic mass is 10.1. The van der Waals surface area contributed by atoms with Crippen molar-refractivity contribution in [3.8, 4) is 5.75 Å². The van der Waals surface area contributed by atoms with Gasteiger partial charge in [-0.1, -0.05) is 29.8 Å². The third kappa shape index (κ3) is 2.47. The van der Waals surface area contributed by atoms with Crippen LogP contribution in [-0.2, 0) is 6.61 Å². The van der Waals surface area contributed by atoms with E-state index in [-0.39, 0.29) is 6.61 Å². The molecule has 1 N–H and O–H groups in total. The number of hydrogen-bond donors (Lipinski definition) is 1. The van der Waals surface area contributed by atoms with E-state index >= 15 is 0 Å². The molecule has 0 fully saturated rings. The summed E-state index contributed by atoms with van der Waals surface area (Å²) in [6.07, 6.45) is 0.937. The van der Waals surface area contributed by atoms with Crippen LogP contribution in [0.5, 0.6) is 5.75 Å². The van der Waals surface area contributed by atoms with E-state index in [0.717, 1.165) is 35.7 Å². The van der Waals surface area contributed by atoms with Crippen molar-refractivity contribution >= 4 is 23.0 Å². The monoisotopic (exact) mass is 289 g/mol. The van der Waals surface area contributed by atoms with Crippen LogP contribution in [0.4, 0.5) is 11.4 Å².